The summed E-state index contributed by atoms with van der Waals surface area (Å²) in [6.07, 6.45) is 0. The normalized spacial score (nSPS) is 10.3. The molecule has 2 rings (SSSR count). The quantitative estimate of drug-likeness (QED) is 0.238. The highest BCUT2D eigenvalue weighted by atomic mass is 127. The molecule has 0 saturated carbocycles. The maximum atomic E-state index is 11.7. The minimum absolute atomic E-state index is 0.316. The molecular formula is C14H11I3N2O2. The van der Waals surface area contributed by atoms with Gasteiger partial charge in [0.05, 0.1) is 7.14 Å². The molecule has 0 atom stereocenters. The van der Waals surface area contributed by atoms with Gasteiger partial charge in [-0.1, -0.05) is 18.2 Å². The summed E-state index contributed by atoms with van der Waals surface area (Å²) in [5.41, 5.74) is 3.47. The number of carbonyl (C=O) groups excluding carboxylic acids is 1. The average Bonchev–Trinajstić information content (AvgIpc) is 2.45. The predicted molar refractivity (Wildman–Crippen MR) is 107 cm³/mol. The second-order valence-corrected chi connectivity index (χ2v) is 7.69. The van der Waals surface area contributed by atoms with Crippen LogP contribution in [0.1, 0.15) is 15.9 Å². The lowest BCUT2D eigenvalue weighted by atomic mass is 10.1. The van der Waals surface area contributed by atoms with Crippen molar-refractivity contribution in [1.82, 2.24) is 5.43 Å². The van der Waals surface area contributed by atoms with E-state index in [9.17, 15) is 4.79 Å². The summed E-state index contributed by atoms with van der Waals surface area (Å²) in [5, 5.41) is 0. The van der Waals surface area contributed by atoms with E-state index in [1.54, 1.807) is 12.1 Å². The van der Waals surface area contributed by atoms with Crippen LogP contribution in [0.5, 0.6) is 5.75 Å². The summed E-state index contributed by atoms with van der Waals surface area (Å²) < 4.78 is 9.16. The molecule has 0 unspecified atom stereocenters. The van der Waals surface area contributed by atoms with Gasteiger partial charge in [-0.25, -0.2) is 5.84 Å². The molecule has 2 aromatic carbocycles. The summed E-state index contributed by atoms with van der Waals surface area (Å²) in [7, 11) is 0. The van der Waals surface area contributed by atoms with Crippen LogP contribution in [-0.4, -0.2) is 5.91 Å². The fourth-order valence-electron chi connectivity index (χ4n) is 1.76. The molecule has 7 heteroatoms. The van der Waals surface area contributed by atoms with Gasteiger partial charge in [-0.05, 0) is 86.0 Å². The van der Waals surface area contributed by atoms with Crippen molar-refractivity contribution in [2.45, 2.75) is 6.61 Å². The summed E-state index contributed by atoms with van der Waals surface area (Å²) in [4.78, 5) is 11.7. The van der Waals surface area contributed by atoms with Crippen LogP contribution in [0, 0.1) is 10.7 Å². The highest BCUT2D eigenvalue weighted by Gasteiger charge is 2.12. The fraction of sp³-hybridized carbons (Fsp3) is 0.0714. The Labute approximate surface area is 163 Å². The molecule has 0 aliphatic carbocycles. The maximum absolute atomic E-state index is 11.7. The Kier molecular flexibility index (Phi) is 6.50. The van der Waals surface area contributed by atoms with Gasteiger partial charge in [-0.2, -0.15) is 0 Å². The number of rotatable bonds is 4. The Morgan fingerprint density at radius 3 is 2.38 bits per heavy atom. The Hall–Kier alpha value is -0.140. The van der Waals surface area contributed by atoms with E-state index in [2.05, 4.69) is 85.3 Å². The third-order valence-corrected chi connectivity index (χ3v) is 4.95. The number of amides is 1. The molecule has 0 fully saturated rings. The van der Waals surface area contributed by atoms with Crippen molar-refractivity contribution in [1.29, 1.82) is 0 Å². The monoisotopic (exact) mass is 620 g/mol. The van der Waals surface area contributed by atoms with Gasteiger partial charge in [0.2, 0.25) is 0 Å². The van der Waals surface area contributed by atoms with Crippen molar-refractivity contribution in [3.05, 3.63) is 58.2 Å². The van der Waals surface area contributed by atoms with Crippen molar-refractivity contribution < 1.29 is 9.53 Å². The molecule has 0 aromatic heterocycles. The molecule has 0 bridgehead atoms. The highest BCUT2D eigenvalue weighted by Crippen LogP contribution is 2.30. The van der Waals surface area contributed by atoms with Crippen LogP contribution in [0.25, 0.3) is 0 Å². The van der Waals surface area contributed by atoms with E-state index in [1.165, 1.54) is 0 Å². The van der Waals surface area contributed by atoms with Gasteiger partial charge in [-0.15, -0.1) is 0 Å². The number of nitrogens with one attached hydrogen (secondary N) is 1. The molecule has 0 spiro atoms. The number of hydrogen-bond acceptors (Lipinski definition) is 3. The third-order valence-electron chi connectivity index (χ3n) is 2.73. The van der Waals surface area contributed by atoms with E-state index in [4.69, 9.17) is 10.6 Å². The van der Waals surface area contributed by atoms with Crippen LogP contribution in [0.15, 0.2) is 36.4 Å². The molecule has 3 N–H and O–H groups in total. The summed E-state index contributed by atoms with van der Waals surface area (Å²) >= 11 is 6.77. The van der Waals surface area contributed by atoms with E-state index in [0.29, 0.717) is 12.2 Å². The number of carbonyl (C=O) groups is 1. The lowest BCUT2D eigenvalue weighted by molar-refractivity contribution is 0.0951. The highest BCUT2D eigenvalue weighted by molar-refractivity contribution is 14.1. The molecule has 2 aromatic rings. The number of hydrazine groups is 1. The predicted octanol–water partition coefficient (Wildman–Crippen LogP) is 3.68. The van der Waals surface area contributed by atoms with Crippen molar-refractivity contribution in [2.75, 3.05) is 0 Å². The smallest absolute Gasteiger partial charge is 0.265 e. The number of nitrogens with two attached hydrogens (primary N) is 1. The van der Waals surface area contributed by atoms with Crippen LogP contribution in [0.3, 0.4) is 0 Å². The van der Waals surface area contributed by atoms with E-state index in [1.807, 2.05) is 12.1 Å². The van der Waals surface area contributed by atoms with Gasteiger partial charge >= 0.3 is 0 Å². The molecule has 0 radical (unpaired) electrons. The number of hydrogen-bond donors (Lipinski definition) is 2. The standard InChI is InChI=1S/C14H11I3N2O2/c15-9-5-11(16)13(12(17)6-9)21-7-8-3-1-2-4-10(8)14(20)19-18/h1-6H,7,18H2,(H,19,20). The molecule has 0 aliphatic rings. The lowest BCUT2D eigenvalue weighted by Crippen LogP contribution is -2.30. The Balaban J connectivity index is 2.23. The average molecular weight is 620 g/mol. The van der Waals surface area contributed by atoms with Crippen molar-refractivity contribution >= 4 is 73.7 Å². The molecule has 1 amide bonds. The SMILES string of the molecule is NNC(=O)c1ccccc1COc1c(I)cc(I)cc1I. The molecule has 4 nitrogen and oxygen atoms in total. The van der Waals surface area contributed by atoms with Crippen LogP contribution < -0.4 is 16.0 Å². The molecule has 0 aliphatic heterocycles. The van der Waals surface area contributed by atoms with Crippen molar-refractivity contribution in [2.24, 2.45) is 5.84 Å². The summed E-state index contributed by atoms with van der Waals surface area (Å²) in [6.45, 7) is 0.316. The molecule has 0 heterocycles. The number of halogens is 3. The lowest BCUT2D eigenvalue weighted by Gasteiger charge is -2.13. The van der Waals surface area contributed by atoms with Crippen LogP contribution >= 0.6 is 67.8 Å². The van der Waals surface area contributed by atoms with Gasteiger partial charge in [0.25, 0.3) is 5.91 Å². The number of benzene rings is 2. The molecule has 110 valence electrons. The van der Waals surface area contributed by atoms with E-state index < -0.39 is 0 Å². The minimum Gasteiger partial charge on any atom is -0.487 e. The van der Waals surface area contributed by atoms with Gasteiger partial charge in [0.1, 0.15) is 12.4 Å². The summed E-state index contributed by atoms with van der Waals surface area (Å²) in [5.74, 6) is 5.72. The van der Waals surface area contributed by atoms with Crippen molar-refractivity contribution in [3.63, 3.8) is 0 Å². The second-order valence-electron chi connectivity index (χ2n) is 4.12. The molecule has 21 heavy (non-hydrogen) atoms. The summed E-state index contributed by atoms with van der Waals surface area (Å²) in [6, 6.07) is 11.4. The van der Waals surface area contributed by atoms with Crippen LogP contribution in [-0.2, 0) is 6.61 Å². The number of ether oxygens (including phenoxy) is 1. The first kappa shape index (κ1) is 17.2. The Morgan fingerprint density at radius 2 is 1.76 bits per heavy atom. The topological polar surface area (TPSA) is 64.3 Å². The second kappa shape index (κ2) is 7.92. The van der Waals surface area contributed by atoms with E-state index in [0.717, 1.165) is 22.0 Å². The van der Waals surface area contributed by atoms with E-state index >= 15 is 0 Å². The zero-order chi connectivity index (χ0) is 15.4. The third kappa shape index (κ3) is 4.42. The van der Waals surface area contributed by atoms with Crippen LogP contribution in [0.4, 0.5) is 0 Å². The minimum atomic E-state index is -0.318. The molecule has 0 saturated heterocycles. The first-order valence-electron chi connectivity index (χ1n) is 5.89. The molecular weight excluding hydrogens is 609 g/mol. The zero-order valence-electron chi connectivity index (χ0n) is 10.7. The first-order chi connectivity index (χ1) is 10.0. The van der Waals surface area contributed by atoms with Crippen LogP contribution in [0.2, 0.25) is 0 Å². The Bertz CT molecular complexity index is 654. The van der Waals surface area contributed by atoms with Crippen molar-refractivity contribution in [3.8, 4) is 5.75 Å². The largest absolute Gasteiger partial charge is 0.487 e. The zero-order valence-corrected chi connectivity index (χ0v) is 17.2. The van der Waals surface area contributed by atoms with Gasteiger partial charge < -0.3 is 4.74 Å². The van der Waals surface area contributed by atoms with E-state index in [-0.39, 0.29) is 5.91 Å². The van der Waals surface area contributed by atoms with Gasteiger partial charge in [0, 0.05) is 14.7 Å². The number of nitrogen functional groups attached to an aromatic ring is 1. The fourth-order valence-corrected chi connectivity index (χ4v) is 5.66. The Morgan fingerprint density at radius 1 is 1.14 bits per heavy atom. The van der Waals surface area contributed by atoms with Gasteiger partial charge in [-0.3, -0.25) is 10.2 Å². The maximum Gasteiger partial charge on any atom is 0.265 e. The first-order valence-corrected chi connectivity index (χ1v) is 9.12. The van der Waals surface area contributed by atoms with Gasteiger partial charge in [0.15, 0.2) is 0 Å².